The normalized spacial score (nSPS) is 10.5. The SMILES string of the molecule is CNCc1ccc(OCc2cncc(F)c2)c(F)c1. The largest absolute Gasteiger partial charge is 0.486 e. The number of ether oxygens (including phenoxy) is 1. The lowest BCUT2D eigenvalue weighted by Gasteiger charge is -2.08. The molecule has 0 spiro atoms. The van der Waals surface area contributed by atoms with Gasteiger partial charge in [0.05, 0.1) is 6.20 Å². The van der Waals surface area contributed by atoms with Gasteiger partial charge in [-0.2, -0.15) is 0 Å². The Morgan fingerprint density at radius 1 is 1.16 bits per heavy atom. The molecule has 0 atom stereocenters. The van der Waals surface area contributed by atoms with Gasteiger partial charge in [0.1, 0.15) is 12.4 Å². The van der Waals surface area contributed by atoms with Gasteiger partial charge in [0.2, 0.25) is 0 Å². The molecule has 2 rings (SSSR count). The zero-order chi connectivity index (χ0) is 13.7. The summed E-state index contributed by atoms with van der Waals surface area (Å²) in [4.78, 5) is 3.70. The van der Waals surface area contributed by atoms with E-state index < -0.39 is 11.6 Å². The molecular formula is C14H14F2N2O. The van der Waals surface area contributed by atoms with Crippen LogP contribution in [0.5, 0.6) is 5.75 Å². The molecule has 0 fully saturated rings. The Kier molecular flexibility index (Phi) is 4.41. The van der Waals surface area contributed by atoms with Crippen LogP contribution in [0.2, 0.25) is 0 Å². The van der Waals surface area contributed by atoms with Gasteiger partial charge in [-0.15, -0.1) is 0 Å². The molecule has 0 aliphatic heterocycles. The third-order valence-corrected chi connectivity index (χ3v) is 2.53. The van der Waals surface area contributed by atoms with Gasteiger partial charge in [-0.25, -0.2) is 8.78 Å². The summed E-state index contributed by atoms with van der Waals surface area (Å²) in [5, 5.41) is 2.94. The molecule has 0 radical (unpaired) electrons. The second kappa shape index (κ2) is 6.24. The highest BCUT2D eigenvalue weighted by Gasteiger charge is 2.05. The fraction of sp³-hybridized carbons (Fsp3) is 0.214. The molecule has 0 bridgehead atoms. The smallest absolute Gasteiger partial charge is 0.165 e. The molecule has 0 amide bonds. The Bertz CT molecular complexity index is 561. The van der Waals surface area contributed by atoms with Gasteiger partial charge >= 0.3 is 0 Å². The molecule has 3 nitrogen and oxygen atoms in total. The number of pyridine rings is 1. The highest BCUT2D eigenvalue weighted by Crippen LogP contribution is 2.19. The van der Waals surface area contributed by atoms with Crippen LogP contribution in [0.25, 0.3) is 0 Å². The van der Waals surface area contributed by atoms with Crippen molar-refractivity contribution in [2.24, 2.45) is 0 Å². The molecule has 0 aliphatic rings. The maximum atomic E-state index is 13.7. The molecule has 0 saturated heterocycles. The number of nitrogens with zero attached hydrogens (tertiary/aromatic N) is 1. The van der Waals surface area contributed by atoms with E-state index in [1.54, 1.807) is 19.2 Å². The van der Waals surface area contributed by atoms with Crippen LogP contribution in [-0.2, 0) is 13.2 Å². The minimum Gasteiger partial charge on any atom is -0.486 e. The zero-order valence-electron chi connectivity index (χ0n) is 10.5. The maximum absolute atomic E-state index is 13.7. The summed E-state index contributed by atoms with van der Waals surface area (Å²) < 4.78 is 31.9. The highest BCUT2D eigenvalue weighted by molar-refractivity contribution is 5.29. The van der Waals surface area contributed by atoms with Crippen molar-refractivity contribution in [3.63, 3.8) is 0 Å². The molecule has 0 aliphatic carbocycles. The van der Waals surface area contributed by atoms with Crippen LogP contribution in [0.4, 0.5) is 8.78 Å². The first-order valence-corrected chi connectivity index (χ1v) is 5.84. The average molecular weight is 264 g/mol. The molecule has 1 N–H and O–H groups in total. The van der Waals surface area contributed by atoms with E-state index in [1.807, 2.05) is 0 Å². The van der Waals surface area contributed by atoms with Crippen molar-refractivity contribution >= 4 is 0 Å². The van der Waals surface area contributed by atoms with Crippen LogP contribution >= 0.6 is 0 Å². The zero-order valence-corrected chi connectivity index (χ0v) is 10.5. The van der Waals surface area contributed by atoms with Crippen molar-refractivity contribution in [3.05, 3.63) is 59.4 Å². The summed E-state index contributed by atoms with van der Waals surface area (Å²) in [5.74, 6) is -0.729. The van der Waals surface area contributed by atoms with Gasteiger partial charge in [-0.3, -0.25) is 4.98 Å². The van der Waals surface area contributed by atoms with Gasteiger partial charge in [-0.1, -0.05) is 6.07 Å². The van der Waals surface area contributed by atoms with Crippen molar-refractivity contribution in [1.82, 2.24) is 10.3 Å². The summed E-state index contributed by atoms with van der Waals surface area (Å²) in [5.41, 5.74) is 1.39. The van der Waals surface area contributed by atoms with Gasteiger partial charge in [0.15, 0.2) is 11.6 Å². The number of hydrogen-bond acceptors (Lipinski definition) is 3. The van der Waals surface area contributed by atoms with Crippen molar-refractivity contribution in [2.75, 3.05) is 7.05 Å². The van der Waals surface area contributed by atoms with E-state index in [4.69, 9.17) is 4.74 Å². The molecule has 1 aromatic carbocycles. The standard InChI is InChI=1S/C14H14F2N2O/c1-17-6-10-2-3-14(13(16)5-10)19-9-11-4-12(15)8-18-7-11/h2-5,7-8,17H,6,9H2,1H3. The average Bonchev–Trinajstić information content (AvgIpc) is 2.38. The third-order valence-electron chi connectivity index (χ3n) is 2.53. The van der Waals surface area contributed by atoms with Crippen molar-refractivity contribution < 1.29 is 13.5 Å². The maximum Gasteiger partial charge on any atom is 0.165 e. The molecule has 19 heavy (non-hydrogen) atoms. The quantitative estimate of drug-likeness (QED) is 0.901. The summed E-state index contributed by atoms with van der Waals surface area (Å²) in [6, 6.07) is 6.06. The van der Waals surface area contributed by atoms with Gasteiger partial charge in [0, 0.05) is 18.3 Å². The van der Waals surface area contributed by atoms with Crippen LogP contribution in [-0.4, -0.2) is 12.0 Å². The summed E-state index contributed by atoms with van der Waals surface area (Å²) in [7, 11) is 1.79. The Labute approximate surface area is 110 Å². The van der Waals surface area contributed by atoms with Crippen LogP contribution in [0.3, 0.4) is 0 Å². The number of nitrogens with one attached hydrogen (secondary N) is 1. The van der Waals surface area contributed by atoms with E-state index in [9.17, 15) is 8.78 Å². The van der Waals surface area contributed by atoms with Gasteiger partial charge in [0.25, 0.3) is 0 Å². The van der Waals surface area contributed by atoms with Crippen molar-refractivity contribution in [3.8, 4) is 5.75 Å². The van der Waals surface area contributed by atoms with Crippen LogP contribution in [0.15, 0.2) is 36.7 Å². The Balaban J connectivity index is 2.03. The summed E-state index contributed by atoms with van der Waals surface area (Å²) in [6.07, 6.45) is 2.59. The number of halogens is 2. The van der Waals surface area contributed by atoms with Crippen molar-refractivity contribution in [2.45, 2.75) is 13.2 Å². The van der Waals surface area contributed by atoms with Gasteiger partial charge in [-0.05, 0) is 30.8 Å². The molecule has 1 heterocycles. The molecule has 0 saturated carbocycles. The van der Waals surface area contributed by atoms with E-state index in [1.165, 1.54) is 18.3 Å². The third kappa shape index (κ3) is 3.72. The predicted molar refractivity (Wildman–Crippen MR) is 67.7 cm³/mol. The molecular weight excluding hydrogens is 250 g/mol. The second-order valence-electron chi connectivity index (χ2n) is 4.10. The van der Waals surface area contributed by atoms with Crippen LogP contribution in [0.1, 0.15) is 11.1 Å². The molecule has 1 aromatic heterocycles. The summed E-state index contributed by atoms with van der Waals surface area (Å²) >= 11 is 0. The molecule has 0 unspecified atom stereocenters. The lowest BCUT2D eigenvalue weighted by molar-refractivity contribution is 0.289. The van der Waals surface area contributed by atoms with Gasteiger partial charge < -0.3 is 10.1 Å². The van der Waals surface area contributed by atoms with E-state index in [0.717, 1.165) is 11.8 Å². The van der Waals surface area contributed by atoms with E-state index in [0.29, 0.717) is 12.1 Å². The van der Waals surface area contributed by atoms with E-state index >= 15 is 0 Å². The number of rotatable bonds is 5. The number of hydrogen-bond donors (Lipinski definition) is 1. The number of benzene rings is 1. The van der Waals surface area contributed by atoms with E-state index in [-0.39, 0.29) is 12.4 Å². The lowest BCUT2D eigenvalue weighted by Crippen LogP contribution is -2.05. The Morgan fingerprint density at radius 3 is 2.68 bits per heavy atom. The fourth-order valence-electron chi connectivity index (χ4n) is 1.67. The number of aromatic nitrogens is 1. The topological polar surface area (TPSA) is 34.1 Å². The van der Waals surface area contributed by atoms with Crippen LogP contribution in [0, 0.1) is 11.6 Å². The molecule has 2 aromatic rings. The Hall–Kier alpha value is -2.01. The fourth-order valence-corrected chi connectivity index (χ4v) is 1.67. The summed E-state index contributed by atoms with van der Waals surface area (Å²) in [6.45, 7) is 0.665. The van der Waals surface area contributed by atoms with Crippen LogP contribution < -0.4 is 10.1 Å². The highest BCUT2D eigenvalue weighted by atomic mass is 19.1. The Morgan fingerprint density at radius 2 is 2.00 bits per heavy atom. The van der Waals surface area contributed by atoms with E-state index in [2.05, 4.69) is 10.3 Å². The molecule has 5 heteroatoms. The monoisotopic (exact) mass is 264 g/mol. The first-order valence-electron chi connectivity index (χ1n) is 5.84. The first-order chi connectivity index (χ1) is 9.19. The predicted octanol–water partition coefficient (Wildman–Crippen LogP) is 2.66. The van der Waals surface area contributed by atoms with Crippen molar-refractivity contribution in [1.29, 1.82) is 0 Å². The second-order valence-corrected chi connectivity index (χ2v) is 4.10. The minimum atomic E-state index is -0.439. The molecule has 100 valence electrons. The lowest BCUT2D eigenvalue weighted by atomic mass is 10.2. The minimum absolute atomic E-state index is 0.0764. The first kappa shape index (κ1) is 13.4.